The van der Waals surface area contributed by atoms with Crippen LogP contribution in [0.5, 0.6) is 0 Å². The monoisotopic (exact) mass is 319 g/mol. The van der Waals surface area contributed by atoms with Gasteiger partial charge in [-0.3, -0.25) is 9.59 Å². The molecule has 0 bridgehead atoms. The third-order valence-electron chi connectivity index (χ3n) is 4.50. The molecule has 2 fully saturated rings. The zero-order valence-electron chi connectivity index (χ0n) is 13.3. The molecule has 0 unspecified atom stereocenters. The number of nitrogens with zero attached hydrogens (tertiary/aromatic N) is 3. The fourth-order valence-electron chi connectivity index (χ4n) is 3.23. The number of amides is 3. The Morgan fingerprint density at radius 2 is 2.00 bits per heavy atom. The number of aryl methyl sites for hydroxylation is 1. The van der Waals surface area contributed by atoms with E-state index in [-0.39, 0.29) is 23.4 Å². The Balaban J connectivity index is 1.61. The number of hydrogen-bond acceptors (Lipinski definition) is 4. The van der Waals surface area contributed by atoms with Crippen molar-refractivity contribution in [2.75, 3.05) is 26.7 Å². The Labute approximate surface area is 133 Å². The van der Waals surface area contributed by atoms with Crippen molar-refractivity contribution in [3.05, 3.63) is 27.9 Å². The number of likely N-dealkylation sites (tertiary alicyclic amines) is 1. The maximum atomic E-state index is 12.5. The molecule has 0 spiro atoms. The lowest BCUT2D eigenvalue weighted by Crippen LogP contribution is -2.48. The third kappa shape index (κ3) is 3.20. The van der Waals surface area contributed by atoms with Crippen LogP contribution in [0.3, 0.4) is 0 Å². The van der Waals surface area contributed by atoms with E-state index in [9.17, 15) is 14.4 Å². The van der Waals surface area contributed by atoms with Gasteiger partial charge in [0, 0.05) is 32.1 Å². The number of urea groups is 1. The minimum Gasteiger partial charge on any atom is -0.341 e. The van der Waals surface area contributed by atoms with Crippen LogP contribution < -0.4 is 10.9 Å². The number of carbonyl (C=O) groups is 2. The standard InChI is InChI=1S/C15H21N5O3/c1-9-16-11(7-13(21)17-9)10-3-5-20(6-4-10)14(22)12-8-19(2)15(23)18-12/h7,10,12H,3-6,8H2,1-2H3,(H,18,23)(H,16,17,21)/t12-/m1/s1. The lowest BCUT2D eigenvalue weighted by atomic mass is 9.93. The lowest BCUT2D eigenvalue weighted by Gasteiger charge is -2.33. The zero-order chi connectivity index (χ0) is 16.6. The highest BCUT2D eigenvalue weighted by atomic mass is 16.2. The number of hydrogen-bond donors (Lipinski definition) is 2. The van der Waals surface area contributed by atoms with Crippen molar-refractivity contribution in [2.24, 2.45) is 0 Å². The van der Waals surface area contributed by atoms with Gasteiger partial charge in [-0.05, 0) is 19.8 Å². The van der Waals surface area contributed by atoms with Gasteiger partial charge in [0.1, 0.15) is 11.9 Å². The highest BCUT2D eigenvalue weighted by Crippen LogP contribution is 2.26. The van der Waals surface area contributed by atoms with E-state index < -0.39 is 6.04 Å². The predicted molar refractivity (Wildman–Crippen MR) is 83.1 cm³/mol. The molecule has 0 radical (unpaired) electrons. The molecular formula is C15H21N5O3. The zero-order valence-corrected chi connectivity index (χ0v) is 13.3. The summed E-state index contributed by atoms with van der Waals surface area (Å²) in [5, 5.41) is 2.70. The van der Waals surface area contributed by atoms with Crippen LogP contribution in [0.15, 0.2) is 10.9 Å². The number of rotatable bonds is 2. The summed E-state index contributed by atoms with van der Waals surface area (Å²) in [6.07, 6.45) is 1.55. The van der Waals surface area contributed by atoms with Crippen LogP contribution in [-0.4, -0.2) is 64.4 Å². The molecule has 0 saturated carbocycles. The molecule has 3 rings (SSSR count). The van der Waals surface area contributed by atoms with Gasteiger partial charge in [-0.15, -0.1) is 0 Å². The van der Waals surface area contributed by atoms with Gasteiger partial charge in [-0.1, -0.05) is 0 Å². The van der Waals surface area contributed by atoms with Crippen molar-refractivity contribution < 1.29 is 9.59 Å². The first-order valence-corrected chi connectivity index (χ1v) is 7.82. The smallest absolute Gasteiger partial charge is 0.317 e. The van der Waals surface area contributed by atoms with E-state index in [1.807, 2.05) is 0 Å². The van der Waals surface area contributed by atoms with Crippen LogP contribution in [0.1, 0.15) is 30.3 Å². The molecule has 8 heteroatoms. The van der Waals surface area contributed by atoms with Crippen molar-refractivity contribution in [3.63, 3.8) is 0 Å². The molecule has 1 aromatic rings. The lowest BCUT2D eigenvalue weighted by molar-refractivity contribution is -0.133. The van der Waals surface area contributed by atoms with Crippen molar-refractivity contribution >= 4 is 11.9 Å². The summed E-state index contributed by atoms with van der Waals surface area (Å²) in [4.78, 5) is 45.8. The maximum absolute atomic E-state index is 12.5. The molecule has 3 amide bonds. The first kappa shape index (κ1) is 15.5. The molecular weight excluding hydrogens is 298 g/mol. The maximum Gasteiger partial charge on any atom is 0.317 e. The van der Waals surface area contributed by atoms with Crippen LogP contribution in [-0.2, 0) is 4.79 Å². The number of aromatic amines is 1. The number of likely N-dealkylation sites (N-methyl/N-ethyl adjacent to an activating group) is 1. The largest absolute Gasteiger partial charge is 0.341 e. The summed E-state index contributed by atoms with van der Waals surface area (Å²) in [5.74, 6) is 0.778. The van der Waals surface area contributed by atoms with Gasteiger partial charge in [-0.25, -0.2) is 9.78 Å². The number of aromatic nitrogens is 2. The molecule has 2 N–H and O–H groups in total. The fourth-order valence-corrected chi connectivity index (χ4v) is 3.23. The quantitative estimate of drug-likeness (QED) is 0.789. The number of H-pyrrole nitrogens is 1. The molecule has 124 valence electrons. The summed E-state index contributed by atoms with van der Waals surface area (Å²) >= 11 is 0. The van der Waals surface area contributed by atoms with Crippen molar-refractivity contribution in [2.45, 2.75) is 31.7 Å². The Kier molecular flexibility index (Phi) is 4.06. The van der Waals surface area contributed by atoms with Crippen LogP contribution in [0.25, 0.3) is 0 Å². The van der Waals surface area contributed by atoms with E-state index in [4.69, 9.17) is 0 Å². The van der Waals surface area contributed by atoms with Gasteiger partial charge in [0.2, 0.25) is 5.91 Å². The highest BCUT2D eigenvalue weighted by molar-refractivity contribution is 5.90. The van der Waals surface area contributed by atoms with E-state index in [1.54, 1.807) is 24.9 Å². The normalized spacial score (nSPS) is 22.3. The SMILES string of the molecule is Cc1nc(C2CCN(C(=O)[C@H]3CN(C)C(=O)N3)CC2)cc(=O)[nH]1. The molecule has 3 heterocycles. The molecule has 0 aromatic carbocycles. The number of nitrogens with one attached hydrogen (secondary N) is 2. The van der Waals surface area contributed by atoms with Gasteiger partial charge in [0.05, 0.1) is 12.2 Å². The minimum absolute atomic E-state index is 0.0313. The number of carbonyl (C=O) groups excluding carboxylic acids is 2. The molecule has 1 aromatic heterocycles. The second-order valence-electron chi connectivity index (χ2n) is 6.24. The summed E-state index contributed by atoms with van der Waals surface area (Å²) in [5.41, 5.74) is 0.662. The molecule has 23 heavy (non-hydrogen) atoms. The highest BCUT2D eigenvalue weighted by Gasteiger charge is 2.35. The average molecular weight is 319 g/mol. The van der Waals surface area contributed by atoms with Crippen LogP contribution in [0.2, 0.25) is 0 Å². The van der Waals surface area contributed by atoms with Gasteiger partial charge in [0.15, 0.2) is 0 Å². The molecule has 2 aliphatic heterocycles. The van der Waals surface area contributed by atoms with Crippen LogP contribution >= 0.6 is 0 Å². The van der Waals surface area contributed by atoms with Crippen molar-refractivity contribution in [1.82, 2.24) is 25.1 Å². The Morgan fingerprint density at radius 1 is 1.30 bits per heavy atom. The van der Waals surface area contributed by atoms with E-state index in [0.717, 1.165) is 18.5 Å². The third-order valence-corrected chi connectivity index (χ3v) is 4.50. The summed E-state index contributed by atoms with van der Waals surface area (Å²) in [7, 11) is 1.68. The van der Waals surface area contributed by atoms with E-state index in [0.29, 0.717) is 25.5 Å². The van der Waals surface area contributed by atoms with Gasteiger partial charge >= 0.3 is 6.03 Å². The van der Waals surface area contributed by atoms with E-state index in [1.165, 1.54) is 4.90 Å². The average Bonchev–Trinajstić information content (AvgIpc) is 2.85. The predicted octanol–water partition coefficient (Wildman–Crippen LogP) is -0.192. The fraction of sp³-hybridized carbons (Fsp3) is 0.600. The van der Waals surface area contributed by atoms with Crippen LogP contribution in [0.4, 0.5) is 4.79 Å². The first-order chi connectivity index (χ1) is 10.9. The number of piperidine rings is 1. The molecule has 1 atom stereocenters. The second kappa shape index (κ2) is 6.02. The van der Waals surface area contributed by atoms with Gasteiger partial charge in [-0.2, -0.15) is 0 Å². The molecule has 0 aliphatic carbocycles. The summed E-state index contributed by atoms with van der Waals surface area (Å²) in [6, 6.07) is 0.881. The Hall–Kier alpha value is -2.38. The molecule has 2 saturated heterocycles. The minimum atomic E-state index is -0.455. The van der Waals surface area contributed by atoms with Gasteiger partial charge < -0.3 is 20.1 Å². The van der Waals surface area contributed by atoms with E-state index >= 15 is 0 Å². The van der Waals surface area contributed by atoms with Crippen LogP contribution in [0, 0.1) is 6.92 Å². The molecule has 2 aliphatic rings. The second-order valence-corrected chi connectivity index (χ2v) is 6.24. The van der Waals surface area contributed by atoms with Gasteiger partial charge in [0.25, 0.3) is 5.56 Å². The molecule has 8 nitrogen and oxygen atoms in total. The van der Waals surface area contributed by atoms with Crippen molar-refractivity contribution in [1.29, 1.82) is 0 Å². The Bertz CT molecular complexity index is 678. The topological polar surface area (TPSA) is 98.4 Å². The summed E-state index contributed by atoms with van der Waals surface area (Å²) in [6.45, 7) is 3.41. The summed E-state index contributed by atoms with van der Waals surface area (Å²) < 4.78 is 0. The first-order valence-electron chi connectivity index (χ1n) is 7.82. The van der Waals surface area contributed by atoms with E-state index in [2.05, 4.69) is 15.3 Å². The Morgan fingerprint density at radius 3 is 2.57 bits per heavy atom. The van der Waals surface area contributed by atoms with Crippen molar-refractivity contribution in [3.8, 4) is 0 Å².